The van der Waals surface area contributed by atoms with E-state index in [0.29, 0.717) is 0 Å². The highest BCUT2D eigenvalue weighted by Crippen LogP contribution is 2.52. The van der Waals surface area contributed by atoms with E-state index in [4.69, 9.17) is 0 Å². The van der Waals surface area contributed by atoms with E-state index >= 15 is 0 Å². The summed E-state index contributed by atoms with van der Waals surface area (Å²) in [4.78, 5) is 2.46. The van der Waals surface area contributed by atoms with Crippen molar-refractivity contribution in [2.75, 3.05) is 4.90 Å². The highest BCUT2D eigenvalue weighted by atomic mass is 15.1. The van der Waals surface area contributed by atoms with E-state index in [1.807, 2.05) is 0 Å². The Labute approximate surface area is 307 Å². The van der Waals surface area contributed by atoms with Crippen molar-refractivity contribution in [2.45, 2.75) is 19.3 Å². The Morgan fingerprint density at radius 1 is 0.327 bits per heavy atom. The van der Waals surface area contributed by atoms with Crippen LogP contribution in [0.2, 0.25) is 0 Å². The smallest absolute Gasteiger partial charge is 0.0546 e. The minimum absolute atomic E-state index is 0.122. The fourth-order valence-corrected chi connectivity index (χ4v) is 8.07. The third-order valence-corrected chi connectivity index (χ3v) is 10.7. The molecule has 0 amide bonds. The van der Waals surface area contributed by atoms with Gasteiger partial charge in [0.05, 0.1) is 5.69 Å². The fraction of sp³-hybridized carbons (Fsp3) is 0.0588. The molecule has 0 saturated heterocycles. The van der Waals surface area contributed by atoms with Gasteiger partial charge in [0, 0.05) is 22.4 Å². The van der Waals surface area contributed by atoms with Crippen molar-refractivity contribution in [1.29, 1.82) is 0 Å². The summed E-state index contributed by atoms with van der Waals surface area (Å²) in [5.74, 6) is 0. The Balaban J connectivity index is 1.29. The van der Waals surface area contributed by atoms with Gasteiger partial charge in [0.25, 0.3) is 0 Å². The Morgan fingerprint density at radius 2 is 0.827 bits per heavy atom. The molecule has 0 saturated carbocycles. The summed E-state index contributed by atoms with van der Waals surface area (Å²) >= 11 is 0. The van der Waals surface area contributed by atoms with Crippen LogP contribution in [0.1, 0.15) is 25.0 Å². The topological polar surface area (TPSA) is 3.24 Å². The Bertz CT molecular complexity index is 2510. The SMILES string of the molecule is CC1(C)c2ccccc2-c2ccc(N(c3ccc(-c4ccccc4)cc3)c3cccc(-c4ccccc4)c3-c3cccc(-c4ccccc4)c3)cc21. The molecule has 1 aliphatic carbocycles. The van der Waals surface area contributed by atoms with Gasteiger partial charge in [0.2, 0.25) is 0 Å². The lowest BCUT2D eigenvalue weighted by Crippen LogP contribution is -2.17. The maximum atomic E-state index is 2.46. The van der Waals surface area contributed by atoms with E-state index in [0.717, 1.165) is 17.1 Å². The molecule has 1 aliphatic rings. The van der Waals surface area contributed by atoms with Gasteiger partial charge < -0.3 is 4.90 Å². The van der Waals surface area contributed by atoms with Crippen molar-refractivity contribution in [2.24, 2.45) is 0 Å². The summed E-state index contributed by atoms with van der Waals surface area (Å²) in [5, 5.41) is 0. The first kappa shape index (κ1) is 31.5. The van der Waals surface area contributed by atoms with Crippen LogP contribution in [0.25, 0.3) is 55.6 Å². The van der Waals surface area contributed by atoms with Gasteiger partial charge in [-0.1, -0.05) is 178 Å². The molecule has 1 heteroatoms. The lowest BCUT2D eigenvalue weighted by atomic mass is 9.82. The summed E-state index contributed by atoms with van der Waals surface area (Å²) in [6, 6.07) is 72.9. The lowest BCUT2D eigenvalue weighted by molar-refractivity contribution is 0.660. The van der Waals surface area contributed by atoms with Gasteiger partial charge in [-0.2, -0.15) is 0 Å². The van der Waals surface area contributed by atoms with Gasteiger partial charge in [0.15, 0.2) is 0 Å². The fourth-order valence-electron chi connectivity index (χ4n) is 8.07. The van der Waals surface area contributed by atoms with Crippen LogP contribution >= 0.6 is 0 Å². The molecule has 1 nitrogen and oxygen atoms in total. The molecule has 0 radical (unpaired) electrons. The average molecular weight is 666 g/mol. The van der Waals surface area contributed by atoms with Crippen LogP contribution < -0.4 is 4.90 Å². The van der Waals surface area contributed by atoms with Crippen molar-refractivity contribution >= 4 is 17.1 Å². The second-order valence-corrected chi connectivity index (χ2v) is 14.2. The average Bonchev–Trinajstić information content (AvgIpc) is 3.44. The minimum Gasteiger partial charge on any atom is -0.310 e. The molecule has 0 N–H and O–H groups in total. The summed E-state index contributed by atoms with van der Waals surface area (Å²) in [6.07, 6.45) is 0. The summed E-state index contributed by atoms with van der Waals surface area (Å²) in [7, 11) is 0. The molecule has 0 aromatic heterocycles. The van der Waals surface area contributed by atoms with Crippen LogP contribution in [0, 0.1) is 0 Å². The molecule has 9 rings (SSSR count). The molecule has 0 spiro atoms. The number of hydrogen-bond donors (Lipinski definition) is 0. The first-order valence-electron chi connectivity index (χ1n) is 18.1. The second-order valence-electron chi connectivity index (χ2n) is 14.2. The Morgan fingerprint density at radius 3 is 1.54 bits per heavy atom. The number of nitrogens with zero attached hydrogens (tertiary/aromatic N) is 1. The minimum atomic E-state index is -0.122. The molecule has 0 heterocycles. The first-order valence-corrected chi connectivity index (χ1v) is 18.1. The van der Waals surface area contributed by atoms with Gasteiger partial charge in [-0.15, -0.1) is 0 Å². The number of rotatable bonds is 7. The van der Waals surface area contributed by atoms with Crippen molar-refractivity contribution < 1.29 is 0 Å². The van der Waals surface area contributed by atoms with Crippen molar-refractivity contribution in [1.82, 2.24) is 0 Å². The van der Waals surface area contributed by atoms with Gasteiger partial charge in [-0.25, -0.2) is 0 Å². The molecular formula is C51H39N. The number of anilines is 3. The normalized spacial score (nSPS) is 12.6. The van der Waals surface area contributed by atoms with Crippen molar-refractivity contribution in [3.63, 3.8) is 0 Å². The molecule has 8 aromatic carbocycles. The van der Waals surface area contributed by atoms with Gasteiger partial charge in [-0.05, 0) is 97.6 Å². The van der Waals surface area contributed by atoms with Crippen LogP contribution in [0.4, 0.5) is 17.1 Å². The van der Waals surface area contributed by atoms with Crippen LogP contribution in [-0.2, 0) is 5.41 Å². The molecule has 0 bridgehead atoms. The van der Waals surface area contributed by atoms with E-state index in [2.05, 4.69) is 219 Å². The van der Waals surface area contributed by atoms with E-state index in [9.17, 15) is 0 Å². The third kappa shape index (κ3) is 5.52. The summed E-state index contributed by atoms with van der Waals surface area (Å²) in [6.45, 7) is 4.72. The highest BCUT2D eigenvalue weighted by molar-refractivity contribution is 5.98. The largest absolute Gasteiger partial charge is 0.310 e. The van der Waals surface area contributed by atoms with Crippen LogP contribution in [0.5, 0.6) is 0 Å². The summed E-state index contributed by atoms with van der Waals surface area (Å²) in [5.41, 5.74) is 18.2. The Hall–Kier alpha value is -6.44. The molecular weight excluding hydrogens is 627 g/mol. The monoisotopic (exact) mass is 665 g/mol. The van der Waals surface area contributed by atoms with Gasteiger partial charge in [0.1, 0.15) is 0 Å². The zero-order chi connectivity index (χ0) is 35.1. The molecule has 0 fully saturated rings. The zero-order valence-electron chi connectivity index (χ0n) is 29.5. The van der Waals surface area contributed by atoms with Crippen molar-refractivity contribution in [3.05, 3.63) is 211 Å². The van der Waals surface area contributed by atoms with Crippen LogP contribution in [0.3, 0.4) is 0 Å². The third-order valence-electron chi connectivity index (χ3n) is 10.7. The molecule has 0 unspecified atom stereocenters. The quantitative estimate of drug-likeness (QED) is 0.164. The lowest BCUT2D eigenvalue weighted by Gasteiger charge is -2.31. The van der Waals surface area contributed by atoms with E-state index < -0.39 is 0 Å². The zero-order valence-corrected chi connectivity index (χ0v) is 29.5. The number of hydrogen-bond acceptors (Lipinski definition) is 1. The standard InChI is InChI=1S/C51H39N/c1-51(2)47-26-13-12-24-45(47)46-33-32-43(35-48(46)51)52(42-30-28-38(29-31-42)36-16-6-3-7-17-36)49-27-15-25-44(39-20-10-5-11-21-39)50(49)41-23-14-22-40(34-41)37-18-8-4-9-19-37/h3-35H,1-2H3. The van der Waals surface area contributed by atoms with E-state index in [1.165, 1.54) is 66.8 Å². The molecule has 8 aromatic rings. The maximum Gasteiger partial charge on any atom is 0.0546 e. The Kier molecular flexibility index (Phi) is 7.90. The predicted octanol–water partition coefficient (Wildman–Crippen LogP) is 14.1. The van der Waals surface area contributed by atoms with E-state index in [1.54, 1.807) is 0 Å². The van der Waals surface area contributed by atoms with Crippen molar-refractivity contribution in [3.8, 4) is 55.6 Å². The molecule has 0 atom stereocenters. The maximum absolute atomic E-state index is 2.46. The number of fused-ring (bicyclic) bond motifs is 3. The van der Waals surface area contributed by atoms with Gasteiger partial charge in [-0.3, -0.25) is 0 Å². The number of benzene rings is 8. The van der Waals surface area contributed by atoms with E-state index in [-0.39, 0.29) is 5.41 Å². The summed E-state index contributed by atoms with van der Waals surface area (Å²) < 4.78 is 0. The predicted molar refractivity (Wildman–Crippen MR) is 220 cm³/mol. The first-order chi connectivity index (χ1) is 25.6. The molecule has 0 aliphatic heterocycles. The van der Waals surface area contributed by atoms with Gasteiger partial charge >= 0.3 is 0 Å². The van der Waals surface area contributed by atoms with Crippen LogP contribution in [0.15, 0.2) is 200 Å². The molecule has 248 valence electrons. The second kappa shape index (κ2) is 13.0. The van der Waals surface area contributed by atoms with Crippen LogP contribution in [-0.4, -0.2) is 0 Å². The highest BCUT2D eigenvalue weighted by Gasteiger charge is 2.36. The molecule has 52 heavy (non-hydrogen) atoms.